The summed E-state index contributed by atoms with van der Waals surface area (Å²) in [4.78, 5) is 15.1. The molecule has 1 aromatic rings. The number of amides is 2. The third-order valence-corrected chi connectivity index (χ3v) is 2.71. The van der Waals surface area contributed by atoms with E-state index in [1.807, 2.05) is 25.2 Å². The van der Waals surface area contributed by atoms with E-state index in [0.29, 0.717) is 6.61 Å². The molecule has 5 heteroatoms. The molecule has 1 aliphatic heterocycles. The lowest BCUT2D eigenvalue weighted by atomic mass is 10.2. The predicted molar refractivity (Wildman–Crippen MR) is 67.9 cm³/mol. The molecule has 1 N–H and O–H groups in total. The van der Waals surface area contributed by atoms with Crippen molar-refractivity contribution in [3.8, 4) is 5.75 Å². The SMILES string of the molecule is CN(C)C(=O)Nc1ccc2c(c1)OCCN2C. The van der Waals surface area contributed by atoms with Crippen LogP contribution in [0.15, 0.2) is 18.2 Å². The van der Waals surface area contributed by atoms with Crippen LogP contribution in [0.2, 0.25) is 0 Å². The molecule has 2 rings (SSSR count). The van der Waals surface area contributed by atoms with E-state index in [4.69, 9.17) is 4.74 Å². The normalized spacial score (nSPS) is 13.7. The highest BCUT2D eigenvalue weighted by Crippen LogP contribution is 2.33. The zero-order valence-electron chi connectivity index (χ0n) is 10.4. The van der Waals surface area contributed by atoms with Crippen LogP contribution in [0.1, 0.15) is 0 Å². The van der Waals surface area contributed by atoms with Crippen LogP contribution in [0.25, 0.3) is 0 Å². The van der Waals surface area contributed by atoms with Crippen molar-refractivity contribution in [3.05, 3.63) is 18.2 Å². The number of nitrogens with zero attached hydrogens (tertiary/aromatic N) is 2. The Bertz CT molecular complexity index is 432. The lowest BCUT2D eigenvalue weighted by molar-refractivity contribution is 0.230. The minimum absolute atomic E-state index is 0.144. The van der Waals surface area contributed by atoms with Gasteiger partial charge in [0.05, 0.1) is 12.2 Å². The Morgan fingerprint density at radius 2 is 2.24 bits per heavy atom. The first kappa shape index (κ1) is 11.6. The molecule has 5 nitrogen and oxygen atoms in total. The quantitative estimate of drug-likeness (QED) is 0.804. The molecule has 0 unspecified atom stereocenters. The van der Waals surface area contributed by atoms with Gasteiger partial charge >= 0.3 is 6.03 Å². The van der Waals surface area contributed by atoms with Crippen LogP contribution in [0.5, 0.6) is 5.75 Å². The number of hydrogen-bond donors (Lipinski definition) is 1. The first-order valence-electron chi connectivity index (χ1n) is 5.54. The average Bonchev–Trinajstić information content (AvgIpc) is 2.29. The maximum Gasteiger partial charge on any atom is 0.321 e. The van der Waals surface area contributed by atoms with E-state index in [9.17, 15) is 4.79 Å². The highest BCUT2D eigenvalue weighted by atomic mass is 16.5. The number of fused-ring (bicyclic) bond motifs is 1. The Kier molecular flexibility index (Phi) is 3.08. The molecule has 0 aliphatic carbocycles. The summed E-state index contributed by atoms with van der Waals surface area (Å²) in [5.74, 6) is 0.815. The van der Waals surface area contributed by atoms with Gasteiger partial charge in [-0.3, -0.25) is 0 Å². The molecular weight excluding hydrogens is 218 g/mol. The number of rotatable bonds is 1. The number of anilines is 2. The number of benzene rings is 1. The summed E-state index contributed by atoms with van der Waals surface area (Å²) in [7, 11) is 5.44. The fraction of sp³-hybridized carbons (Fsp3) is 0.417. The van der Waals surface area contributed by atoms with Gasteiger partial charge in [-0.2, -0.15) is 0 Å². The van der Waals surface area contributed by atoms with Gasteiger partial charge in [-0.05, 0) is 12.1 Å². The van der Waals surface area contributed by atoms with Crippen molar-refractivity contribution in [2.24, 2.45) is 0 Å². The van der Waals surface area contributed by atoms with E-state index >= 15 is 0 Å². The van der Waals surface area contributed by atoms with E-state index in [1.54, 1.807) is 14.1 Å². The lowest BCUT2D eigenvalue weighted by Crippen LogP contribution is -2.29. The summed E-state index contributed by atoms with van der Waals surface area (Å²) in [5.41, 5.74) is 1.80. The van der Waals surface area contributed by atoms with Gasteiger partial charge in [0.15, 0.2) is 0 Å². The second-order valence-corrected chi connectivity index (χ2v) is 4.28. The monoisotopic (exact) mass is 235 g/mol. The third-order valence-electron chi connectivity index (χ3n) is 2.71. The average molecular weight is 235 g/mol. The minimum atomic E-state index is -0.144. The predicted octanol–water partition coefficient (Wildman–Crippen LogP) is 1.61. The summed E-state index contributed by atoms with van der Waals surface area (Å²) >= 11 is 0. The van der Waals surface area contributed by atoms with Crippen LogP contribution in [0.3, 0.4) is 0 Å². The molecule has 92 valence electrons. The molecule has 0 spiro atoms. The van der Waals surface area contributed by atoms with Gasteiger partial charge < -0.3 is 19.9 Å². The highest BCUT2D eigenvalue weighted by Gasteiger charge is 2.15. The van der Waals surface area contributed by atoms with Gasteiger partial charge in [-0.15, -0.1) is 0 Å². The topological polar surface area (TPSA) is 44.8 Å². The molecule has 2 amide bonds. The molecule has 1 aromatic carbocycles. The van der Waals surface area contributed by atoms with Gasteiger partial charge in [0.2, 0.25) is 0 Å². The summed E-state index contributed by atoms with van der Waals surface area (Å²) in [6, 6.07) is 5.55. The Hall–Kier alpha value is -1.91. The van der Waals surface area contributed by atoms with Crippen LogP contribution in [0.4, 0.5) is 16.2 Å². The van der Waals surface area contributed by atoms with E-state index in [-0.39, 0.29) is 6.03 Å². The molecule has 0 saturated carbocycles. The van der Waals surface area contributed by atoms with Gasteiger partial charge in [0.25, 0.3) is 0 Å². The summed E-state index contributed by atoms with van der Waals surface area (Å²) in [6.07, 6.45) is 0. The van der Waals surface area contributed by atoms with Crippen LogP contribution in [-0.2, 0) is 0 Å². The van der Waals surface area contributed by atoms with E-state index < -0.39 is 0 Å². The molecule has 0 bridgehead atoms. The van der Waals surface area contributed by atoms with Crippen LogP contribution in [-0.4, -0.2) is 45.2 Å². The number of urea groups is 1. The Labute approximate surface area is 101 Å². The fourth-order valence-electron chi connectivity index (χ4n) is 1.67. The van der Waals surface area contributed by atoms with E-state index in [1.165, 1.54) is 4.90 Å². The summed E-state index contributed by atoms with van der Waals surface area (Å²) < 4.78 is 5.57. The molecular formula is C12H17N3O2. The maximum absolute atomic E-state index is 11.5. The van der Waals surface area contributed by atoms with Gasteiger partial charge in [-0.25, -0.2) is 4.79 Å². The molecule has 0 atom stereocenters. The van der Waals surface area contributed by atoms with E-state index in [2.05, 4.69) is 10.2 Å². The second-order valence-electron chi connectivity index (χ2n) is 4.28. The van der Waals surface area contributed by atoms with Crippen molar-refractivity contribution in [3.63, 3.8) is 0 Å². The number of hydrogen-bond acceptors (Lipinski definition) is 3. The Morgan fingerprint density at radius 3 is 2.94 bits per heavy atom. The minimum Gasteiger partial charge on any atom is -0.489 e. The standard InChI is InChI=1S/C12H17N3O2/c1-14(2)12(16)13-9-4-5-10-11(8-9)17-7-6-15(10)3/h4-5,8H,6-7H2,1-3H3,(H,13,16). The van der Waals surface area contributed by atoms with E-state index in [0.717, 1.165) is 23.7 Å². The molecule has 1 heterocycles. The van der Waals surface area contributed by atoms with Gasteiger partial charge in [0, 0.05) is 32.9 Å². The van der Waals surface area contributed by atoms with Crippen molar-refractivity contribution in [2.45, 2.75) is 0 Å². The number of likely N-dealkylation sites (N-methyl/N-ethyl adjacent to an activating group) is 1. The van der Waals surface area contributed by atoms with Crippen LogP contribution < -0.4 is 15.0 Å². The molecule has 0 fully saturated rings. The van der Waals surface area contributed by atoms with Crippen LogP contribution >= 0.6 is 0 Å². The highest BCUT2D eigenvalue weighted by molar-refractivity contribution is 5.89. The Balaban J connectivity index is 2.19. The third kappa shape index (κ3) is 2.43. The number of ether oxygens (including phenoxy) is 1. The maximum atomic E-state index is 11.5. The molecule has 1 aliphatic rings. The lowest BCUT2D eigenvalue weighted by Gasteiger charge is -2.28. The zero-order chi connectivity index (χ0) is 12.4. The number of carbonyl (C=O) groups is 1. The molecule has 0 saturated heterocycles. The largest absolute Gasteiger partial charge is 0.489 e. The van der Waals surface area contributed by atoms with Crippen molar-refractivity contribution in [1.82, 2.24) is 4.90 Å². The smallest absolute Gasteiger partial charge is 0.321 e. The first-order valence-corrected chi connectivity index (χ1v) is 5.54. The molecule has 0 aromatic heterocycles. The number of carbonyl (C=O) groups excluding carboxylic acids is 1. The molecule has 17 heavy (non-hydrogen) atoms. The van der Waals surface area contributed by atoms with Gasteiger partial charge in [-0.1, -0.05) is 0 Å². The molecule has 0 radical (unpaired) electrons. The van der Waals surface area contributed by atoms with Crippen molar-refractivity contribution < 1.29 is 9.53 Å². The fourth-order valence-corrected chi connectivity index (χ4v) is 1.67. The van der Waals surface area contributed by atoms with Crippen LogP contribution in [0, 0.1) is 0 Å². The first-order chi connectivity index (χ1) is 8.08. The Morgan fingerprint density at radius 1 is 1.47 bits per heavy atom. The summed E-state index contributed by atoms with van der Waals surface area (Å²) in [5, 5.41) is 2.79. The van der Waals surface area contributed by atoms with Crippen molar-refractivity contribution in [1.29, 1.82) is 0 Å². The zero-order valence-corrected chi connectivity index (χ0v) is 10.4. The van der Waals surface area contributed by atoms with Crippen molar-refractivity contribution >= 4 is 17.4 Å². The van der Waals surface area contributed by atoms with Gasteiger partial charge in [0.1, 0.15) is 12.4 Å². The number of nitrogens with one attached hydrogen (secondary N) is 1. The summed E-state index contributed by atoms with van der Waals surface area (Å²) in [6.45, 7) is 1.56. The van der Waals surface area contributed by atoms with Crippen molar-refractivity contribution in [2.75, 3.05) is 44.5 Å². The second kappa shape index (κ2) is 4.53.